The Kier molecular flexibility index (Phi) is 5.52. The largest absolute Gasteiger partial charge is 0.496 e. The van der Waals surface area contributed by atoms with E-state index >= 15 is 0 Å². The van der Waals surface area contributed by atoms with Gasteiger partial charge >= 0.3 is 0 Å². The van der Waals surface area contributed by atoms with Gasteiger partial charge in [-0.05, 0) is 31.7 Å². The monoisotopic (exact) mass is 253 g/mol. The van der Waals surface area contributed by atoms with E-state index in [9.17, 15) is 0 Å². The summed E-state index contributed by atoms with van der Waals surface area (Å²) in [5, 5.41) is 0.743. The average Bonchev–Trinajstić information content (AvgIpc) is 2.28. The van der Waals surface area contributed by atoms with Crippen LogP contribution in [0.5, 0.6) is 5.75 Å². The second-order valence-corrected chi connectivity index (χ2v) is 4.65. The molecule has 3 heteroatoms. The van der Waals surface area contributed by atoms with E-state index in [-0.39, 0.29) is 0 Å². The standard InChI is InChI=1S/C14H20ClNO/c1-5-16(9-11(2)3)10-12-8-13(15)6-7-14(12)17-4/h6-8H,2,5,9-10H2,1,3-4H3. The molecule has 0 radical (unpaired) electrons. The molecule has 0 spiro atoms. The molecule has 2 nitrogen and oxygen atoms in total. The maximum Gasteiger partial charge on any atom is 0.123 e. The average molecular weight is 254 g/mol. The summed E-state index contributed by atoms with van der Waals surface area (Å²) < 4.78 is 5.34. The fraction of sp³-hybridized carbons (Fsp3) is 0.429. The smallest absolute Gasteiger partial charge is 0.123 e. The first kappa shape index (κ1) is 14.1. The number of rotatable bonds is 6. The highest BCUT2D eigenvalue weighted by Gasteiger charge is 2.09. The van der Waals surface area contributed by atoms with Crippen molar-refractivity contribution in [1.29, 1.82) is 0 Å². The lowest BCUT2D eigenvalue weighted by Crippen LogP contribution is -2.24. The SMILES string of the molecule is C=C(C)CN(CC)Cc1cc(Cl)ccc1OC. The number of halogens is 1. The quantitative estimate of drug-likeness (QED) is 0.716. The van der Waals surface area contributed by atoms with Crippen LogP contribution in [0.3, 0.4) is 0 Å². The Hall–Kier alpha value is -0.990. The lowest BCUT2D eigenvalue weighted by Gasteiger charge is -2.21. The molecule has 0 aliphatic rings. The molecule has 17 heavy (non-hydrogen) atoms. The van der Waals surface area contributed by atoms with Gasteiger partial charge in [0.05, 0.1) is 7.11 Å². The third kappa shape index (κ3) is 4.41. The van der Waals surface area contributed by atoms with Crippen molar-refractivity contribution < 1.29 is 4.74 Å². The Morgan fingerprint density at radius 2 is 2.18 bits per heavy atom. The van der Waals surface area contributed by atoms with Crippen LogP contribution in [0.4, 0.5) is 0 Å². The topological polar surface area (TPSA) is 12.5 Å². The third-order valence-electron chi connectivity index (χ3n) is 2.58. The summed E-state index contributed by atoms with van der Waals surface area (Å²) in [5.41, 5.74) is 2.27. The van der Waals surface area contributed by atoms with Gasteiger partial charge in [0.25, 0.3) is 0 Å². The van der Waals surface area contributed by atoms with Crippen molar-refractivity contribution in [3.05, 3.63) is 40.9 Å². The van der Waals surface area contributed by atoms with Gasteiger partial charge in [-0.2, -0.15) is 0 Å². The summed E-state index contributed by atoms with van der Waals surface area (Å²) in [5.74, 6) is 0.884. The molecule has 0 amide bonds. The molecule has 0 aromatic heterocycles. The number of hydrogen-bond acceptors (Lipinski definition) is 2. The van der Waals surface area contributed by atoms with Crippen LogP contribution in [-0.4, -0.2) is 25.1 Å². The van der Waals surface area contributed by atoms with Gasteiger partial charge in [-0.1, -0.05) is 30.7 Å². The molecule has 0 fully saturated rings. The lowest BCUT2D eigenvalue weighted by atomic mass is 10.1. The maximum absolute atomic E-state index is 6.01. The van der Waals surface area contributed by atoms with E-state index < -0.39 is 0 Å². The Balaban J connectivity index is 2.84. The number of nitrogens with zero attached hydrogens (tertiary/aromatic N) is 1. The highest BCUT2D eigenvalue weighted by molar-refractivity contribution is 6.30. The molecule has 0 N–H and O–H groups in total. The molecular formula is C14H20ClNO. The van der Waals surface area contributed by atoms with E-state index in [2.05, 4.69) is 18.4 Å². The van der Waals surface area contributed by atoms with Crippen molar-refractivity contribution in [1.82, 2.24) is 4.90 Å². The van der Waals surface area contributed by atoms with Crippen LogP contribution in [0, 0.1) is 0 Å². The van der Waals surface area contributed by atoms with Crippen molar-refractivity contribution in [2.45, 2.75) is 20.4 Å². The van der Waals surface area contributed by atoms with Gasteiger partial charge in [0.15, 0.2) is 0 Å². The minimum atomic E-state index is 0.743. The Bertz CT molecular complexity index is 390. The van der Waals surface area contributed by atoms with Crippen LogP contribution in [0.1, 0.15) is 19.4 Å². The van der Waals surface area contributed by atoms with Gasteiger partial charge in [0.1, 0.15) is 5.75 Å². The van der Waals surface area contributed by atoms with Crippen LogP contribution < -0.4 is 4.74 Å². The number of hydrogen-bond donors (Lipinski definition) is 0. The van der Waals surface area contributed by atoms with Crippen LogP contribution in [0.2, 0.25) is 5.02 Å². The zero-order chi connectivity index (χ0) is 12.8. The molecule has 0 saturated heterocycles. The summed E-state index contributed by atoms with van der Waals surface area (Å²) >= 11 is 6.01. The van der Waals surface area contributed by atoms with Crippen molar-refractivity contribution in [3.8, 4) is 5.75 Å². The van der Waals surface area contributed by atoms with Gasteiger partial charge in [0, 0.05) is 23.7 Å². The third-order valence-corrected chi connectivity index (χ3v) is 2.81. The highest BCUT2D eigenvalue weighted by atomic mass is 35.5. The summed E-state index contributed by atoms with van der Waals surface area (Å²) in [6.45, 7) is 10.8. The zero-order valence-electron chi connectivity index (χ0n) is 10.8. The normalized spacial score (nSPS) is 10.6. The molecule has 1 aromatic rings. The van der Waals surface area contributed by atoms with E-state index in [0.717, 1.165) is 41.5 Å². The van der Waals surface area contributed by atoms with Crippen LogP contribution in [0.25, 0.3) is 0 Å². The zero-order valence-corrected chi connectivity index (χ0v) is 11.5. The molecule has 0 aliphatic heterocycles. The van der Waals surface area contributed by atoms with Crippen LogP contribution >= 0.6 is 11.6 Å². The summed E-state index contributed by atoms with van der Waals surface area (Å²) in [6, 6.07) is 5.71. The lowest BCUT2D eigenvalue weighted by molar-refractivity contribution is 0.297. The Morgan fingerprint density at radius 1 is 1.47 bits per heavy atom. The van der Waals surface area contributed by atoms with Gasteiger partial charge in [-0.3, -0.25) is 4.90 Å². The first-order chi connectivity index (χ1) is 8.06. The van der Waals surface area contributed by atoms with Crippen molar-refractivity contribution in [3.63, 3.8) is 0 Å². The Labute approximate surface area is 109 Å². The minimum Gasteiger partial charge on any atom is -0.496 e. The second-order valence-electron chi connectivity index (χ2n) is 4.22. The molecule has 1 rings (SSSR count). The van der Waals surface area contributed by atoms with E-state index in [1.54, 1.807) is 7.11 Å². The fourth-order valence-corrected chi connectivity index (χ4v) is 1.97. The van der Waals surface area contributed by atoms with Gasteiger partial charge < -0.3 is 4.74 Å². The predicted molar refractivity (Wildman–Crippen MR) is 73.8 cm³/mol. The number of ether oxygens (including phenoxy) is 1. The predicted octanol–water partition coefficient (Wildman–Crippen LogP) is 3.75. The molecule has 0 bridgehead atoms. The molecular weight excluding hydrogens is 234 g/mol. The number of methoxy groups -OCH3 is 1. The molecule has 0 aliphatic carbocycles. The van der Waals surface area contributed by atoms with Gasteiger partial charge in [-0.15, -0.1) is 0 Å². The Morgan fingerprint density at radius 3 is 2.71 bits per heavy atom. The van der Waals surface area contributed by atoms with Crippen LogP contribution in [0.15, 0.2) is 30.4 Å². The first-order valence-electron chi connectivity index (χ1n) is 5.76. The van der Waals surface area contributed by atoms with Crippen molar-refractivity contribution in [2.75, 3.05) is 20.2 Å². The minimum absolute atomic E-state index is 0.743. The molecule has 94 valence electrons. The van der Waals surface area contributed by atoms with E-state index in [1.165, 1.54) is 0 Å². The van der Waals surface area contributed by atoms with Crippen molar-refractivity contribution in [2.24, 2.45) is 0 Å². The van der Waals surface area contributed by atoms with Crippen LogP contribution in [-0.2, 0) is 6.54 Å². The molecule has 0 atom stereocenters. The molecule has 0 unspecified atom stereocenters. The first-order valence-corrected chi connectivity index (χ1v) is 6.13. The molecule has 0 heterocycles. The summed E-state index contributed by atoms with van der Waals surface area (Å²) in [7, 11) is 1.68. The molecule has 0 saturated carbocycles. The van der Waals surface area contributed by atoms with Gasteiger partial charge in [0.2, 0.25) is 0 Å². The van der Waals surface area contributed by atoms with Gasteiger partial charge in [-0.25, -0.2) is 0 Å². The fourth-order valence-electron chi connectivity index (χ4n) is 1.77. The summed E-state index contributed by atoms with van der Waals surface area (Å²) in [6.07, 6.45) is 0. The molecule has 1 aromatic carbocycles. The van der Waals surface area contributed by atoms with E-state index in [0.29, 0.717) is 0 Å². The van der Waals surface area contributed by atoms with E-state index in [1.807, 2.05) is 25.1 Å². The number of benzene rings is 1. The van der Waals surface area contributed by atoms with Crippen molar-refractivity contribution >= 4 is 11.6 Å². The number of likely N-dealkylation sites (N-methyl/N-ethyl adjacent to an activating group) is 1. The second kappa shape index (κ2) is 6.67. The summed E-state index contributed by atoms with van der Waals surface area (Å²) in [4.78, 5) is 2.30. The van der Waals surface area contributed by atoms with E-state index in [4.69, 9.17) is 16.3 Å². The highest BCUT2D eigenvalue weighted by Crippen LogP contribution is 2.24. The maximum atomic E-state index is 6.01.